The summed E-state index contributed by atoms with van der Waals surface area (Å²) in [5.74, 6) is -0.518. The fraction of sp³-hybridized carbons (Fsp3) is 0.550. The van der Waals surface area contributed by atoms with E-state index in [2.05, 4.69) is 16.6 Å². The first-order valence-electron chi connectivity index (χ1n) is 10.0. The number of unbranched alkanes of at least 4 members (excludes halogenated alkanes) is 2. The molecule has 0 radical (unpaired) electrons. The second-order valence-electron chi connectivity index (χ2n) is 7.31. The third kappa shape index (κ3) is 5.14. The van der Waals surface area contributed by atoms with Gasteiger partial charge in [0, 0.05) is 25.2 Å². The Morgan fingerprint density at radius 2 is 1.93 bits per heavy atom. The first-order valence-corrected chi connectivity index (χ1v) is 11.5. The summed E-state index contributed by atoms with van der Waals surface area (Å²) in [4.78, 5) is 26.1. The van der Waals surface area contributed by atoms with Crippen molar-refractivity contribution in [3.05, 3.63) is 29.8 Å². The Kier molecular flexibility index (Phi) is 6.89. The highest BCUT2D eigenvalue weighted by Gasteiger charge is 2.34. The molecule has 0 aliphatic carbocycles. The monoisotopic (exact) mass is 421 g/mol. The number of hydrogen-bond donors (Lipinski definition) is 1. The molecular weight excluding hydrogens is 394 g/mol. The first-order chi connectivity index (χ1) is 13.9. The predicted molar refractivity (Wildman–Crippen MR) is 108 cm³/mol. The zero-order chi connectivity index (χ0) is 20.9. The molecule has 0 saturated carbocycles. The van der Waals surface area contributed by atoms with E-state index in [-0.39, 0.29) is 29.3 Å². The van der Waals surface area contributed by atoms with Gasteiger partial charge in [0.05, 0.1) is 5.92 Å². The molecule has 0 unspecified atom stereocenters. The lowest BCUT2D eigenvalue weighted by atomic mass is 9.96. The molecule has 2 heterocycles. The quantitative estimate of drug-likeness (QED) is 0.531. The molecule has 1 fully saturated rings. The van der Waals surface area contributed by atoms with E-state index in [0.717, 1.165) is 19.3 Å². The van der Waals surface area contributed by atoms with Crippen LogP contribution in [-0.2, 0) is 24.3 Å². The van der Waals surface area contributed by atoms with E-state index in [4.69, 9.17) is 4.74 Å². The predicted octanol–water partition coefficient (Wildman–Crippen LogP) is 1.70. The molecule has 0 bridgehead atoms. The summed E-state index contributed by atoms with van der Waals surface area (Å²) in [5, 5.41) is 2.74. The average Bonchev–Trinajstić information content (AvgIpc) is 3.01. The van der Waals surface area contributed by atoms with Crippen molar-refractivity contribution in [2.45, 2.75) is 43.9 Å². The maximum absolute atomic E-state index is 12.3. The van der Waals surface area contributed by atoms with Crippen molar-refractivity contribution in [1.29, 1.82) is 0 Å². The molecule has 29 heavy (non-hydrogen) atoms. The summed E-state index contributed by atoms with van der Waals surface area (Å²) in [6.07, 6.45) is 4.09. The van der Waals surface area contributed by atoms with Crippen LogP contribution in [0.1, 0.15) is 44.6 Å². The van der Waals surface area contributed by atoms with Crippen molar-refractivity contribution in [3.63, 3.8) is 0 Å². The molecule has 1 aromatic carbocycles. The summed E-state index contributed by atoms with van der Waals surface area (Å²) < 4.78 is 33.5. The summed E-state index contributed by atoms with van der Waals surface area (Å²) in [7, 11) is -3.65. The highest BCUT2D eigenvalue weighted by molar-refractivity contribution is 7.90. The maximum Gasteiger partial charge on any atom is 0.309 e. The molecule has 3 rings (SSSR count). The van der Waals surface area contributed by atoms with Crippen molar-refractivity contribution >= 4 is 27.7 Å². The molecule has 1 amide bonds. The van der Waals surface area contributed by atoms with E-state index >= 15 is 0 Å². The number of nitrogens with one attached hydrogen (secondary N) is 1. The van der Waals surface area contributed by atoms with Gasteiger partial charge in [0.2, 0.25) is 0 Å². The molecule has 0 aromatic heterocycles. The van der Waals surface area contributed by atoms with Gasteiger partial charge in [-0.1, -0.05) is 31.9 Å². The number of ether oxygens (including phenoxy) is 1. The molecule has 1 aromatic rings. The maximum atomic E-state index is 12.3. The van der Waals surface area contributed by atoms with Crippen molar-refractivity contribution in [2.24, 2.45) is 10.3 Å². The molecule has 2 aliphatic heterocycles. The molecular formula is C20H27N3O5S. The molecule has 0 atom stereocenters. The Hall–Kier alpha value is -2.42. The Morgan fingerprint density at radius 1 is 1.21 bits per heavy atom. The fourth-order valence-corrected chi connectivity index (χ4v) is 4.78. The van der Waals surface area contributed by atoms with Crippen LogP contribution in [0.25, 0.3) is 0 Å². The third-order valence-electron chi connectivity index (χ3n) is 5.19. The molecule has 0 spiro atoms. The van der Waals surface area contributed by atoms with Crippen molar-refractivity contribution < 1.29 is 22.7 Å². The van der Waals surface area contributed by atoms with Gasteiger partial charge in [0.1, 0.15) is 4.90 Å². The van der Waals surface area contributed by atoms with E-state index < -0.39 is 10.0 Å². The number of sulfonamides is 1. The van der Waals surface area contributed by atoms with Gasteiger partial charge in [0.25, 0.3) is 15.9 Å². The molecule has 8 nitrogen and oxygen atoms in total. The first kappa shape index (κ1) is 21.3. The van der Waals surface area contributed by atoms with E-state index in [1.165, 1.54) is 0 Å². The minimum absolute atomic E-state index is 0.224. The third-order valence-corrected chi connectivity index (χ3v) is 6.51. The number of carbonyl (C=O) groups excluding carboxylic acids is 2. The van der Waals surface area contributed by atoms with E-state index in [1.807, 2.05) is 4.90 Å². The number of likely N-dealkylation sites (tertiary alicyclic amines) is 1. The second kappa shape index (κ2) is 9.39. The molecule has 1 saturated heterocycles. The van der Waals surface area contributed by atoms with Crippen LogP contribution in [0.3, 0.4) is 0 Å². The molecule has 2 aliphatic rings. The van der Waals surface area contributed by atoms with Gasteiger partial charge in [0.15, 0.2) is 12.4 Å². The van der Waals surface area contributed by atoms with E-state index in [1.54, 1.807) is 24.3 Å². The number of piperidine rings is 1. The number of carbonyl (C=O) groups is 2. The minimum atomic E-state index is -3.65. The van der Waals surface area contributed by atoms with E-state index in [9.17, 15) is 18.0 Å². The van der Waals surface area contributed by atoms with Crippen LogP contribution in [0.15, 0.2) is 33.6 Å². The van der Waals surface area contributed by atoms with Crippen molar-refractivity contribution in [2.75, 3.05) is 26.2 Å². The number of nitrogens with zero attached hydrogens (tertiary/aromatic N) is 2. The number of amidine groups is 1. The number of benzene rings is 1. The van der Waals surface area contributed by atoms with Gasteiger partial charge < -0.3 is 15.0 Å². The van der Waals surface area contributed by atoms with Crippen molar-refractivity contribution in [3.8, 4) is 0 Å². The zero-order valence-electron chi connectivity index (χ0n) is 16.6. The van der Waals surface area contributed by atoms with Gasteiger partial charge in [-0.25, -0.2) is 0 Å². The Bertz CT molecular complexity index is 889. The Labute approximate surface area is 171 Å². The normalized spacial score (nSPS) is 18.1. The van der Waals surface area contributed by atoms with Crippen LogP contribution >= 0.6 is 0 Å². The van der Waals surface area contributed by atoms with Crippen LogP contribution in [0.5, 0.6) is 0 Å². The van der Waals surface area contributed by atoms with Crippen LogP contribution < -0.4 is 5.32 Å². The van der Waals surface area contributed by atoms with Crippen LogP contribution in [0.2, 0.25) is 0 Å². The average molecular weight is 422 g/mol. The standard InChI is InChI=1S/C20H27N3O5S/c1-2-3-6-11-21-18(24)14-28-20(25)15-9-12-23(13-10-15)19-16-7-4-5-8-17(16)29(26,27)22-19/h4-5,7-8,15H,2-3,6,9-14H2,1H3,(H,21,24). The number of esters is 1. The topological polar surface area (TPSA) is 105 Å². The SMILES string of the molecule is CCCCCNC(=O)COC(=O)C1CCN(C2=NS(=O)(=O)c3ccccc32)CC1. The number of hydrogen-bond acceptors (Lipinski definition) is 6. The summed E-state index contributed by atoms with van der Waals surface area (Å²) in [6, 6.07) is 6.76. The van der Waals surface area contributed by atoms with Gasteiger partial charge in [-0.05, 0) is 31.4 Å². The Balaban J connectivity index is 1.47. The largest absolute Gasteiger partial charge is 0.455 e. The summed E-state index contributed by atoms with van der Waals surface area (Å²) >= 11 is 0. The van der Waals surface area contributed by atoms with Gasteiger partial charge in [-0.15, -0.1) is 4.40 Å². The number of fused-ring (bicyclic) bond motifs is 1. The molecule has 158 valence electrons. The highest BCUT2D eigenvalue weighted by Crippen LogP contribution is 2.29. The molecule has 9 heteroatoms. The smallest absolute Gasteiger partial charge is 0.309 e. The lowest BCUT2D eigenvalue weighted by Gasteiger charge is -2.32. The van der Waals surface area contributed by atoms with Crippen molar-refractivity contribution in [1.82, 2.24) is 10.2 Å². The lowest BCUT2D eigenvalue weighted by molar-refractivity contribution is -0.153. The zero-order valence-corrected chi connectivity index (χ0v) is 17.4. The van der Waals surface area contributed by atoms with Crippen LogP contribution in [0, 0.1) is 5.92 Å². The van der Waals surface area contributed by atoms with Gasteiger partial charge in [-0.3, -0.25) is 9.59 Å². The summed E-state index contributed by atoms with van der Waals surface area (Å²) in [5.41, 5.74) is 0.605. The fourth-order valence-electron chi connectivity index (χ4n) is 3.55. The minimum Gasteiger partial charge on any atom is -0.455 e. The number of amides is 1. The highest BCUT2D eigenvalue weighted by atomic mass is 32.2. The van der Waals surface area contributed by atoms with Crippen LogP contribution in [0.4, 0.5) is 0 Å². The Morgan fingerprint density at radius 3 is 2.66 bits per heavy atom. The number of rotatable bonds is 7. The summed E-state index contributed by atoms with van der Waals surface area (Å²) in [6.45, 7) is 3.43. The van der Waals surface area contributed by atoms with Crippen LogP contribution in [-0.4, -0.2) is 57.3 Å². The van der Waals surface area contributed by atoms with E-state index in [0.29, 0.717) is 43.9 Å². The second-order valence-corrected chi connectivity index (χ2v) is 8.88. The van der Waals surface area contributed by atoms with Gasteiger partial charge >= 0.3 is 5.97 Å². The van der Waals surface area contributed by atoms with Gasteiger partial charge in [-0.2, -0.15) is 8.42 Å². The lowest BCUT2D eigenvalue weighted by Crippen LogP contribution is -2.41. The molecule has 1 N–H and O–H groups in total.